The van der Waals surface area contributed by atoms with Gasteiger partial charge >= 0.3 is 0 Å². The normalized spacial score (nSPS) is 10.7. The molecule has 2 heterocycles. The van der Waals surface area contributed by atoms with Crippen molar-refractivity contribution in [2.45, 2.75) is 23.9 Å². The summed E-state index contributed by atoms with van der Waals surface area (Å²) >= 11 is 0.241. The number of nitrogens with zero attached hydrogens (tertiary/aromatic N) is 2. The van der Waals surface area contributed by atoms with Crippen LogP contribution in [0.15, 0.2) is 66.1 Å². The van der Waals surface area contributed by atoms with Gasteiger partial charge in [-0.05, 0) is 59.3 Å². The second-order valence-electron chi connectivity index (χ2n) is 6.05. The van der Waals surface area contributed by atoms with Crippen molar-refractivity contribution in [1.82, 2.24) is 15.3 Å². The minimum Gasteiger partial charge on any atom is -0.493 e. The van der Waals surface area contributed by atoms with Gasteiger partial charge in [0.1, 0.15) is 11.6 Å². The van der Waals surface area contributed by atoms with Gasteiger partial charge in [-0.2, -0.15) is 8.78 Å². The maximum absolute atomic E-state index is 12.7. The summed E-state index contributed by atoms with van der Waals surface area (Å²) in [7, 11) is 1.53. The van der Waals surface area contributed by atoms with Gasteiger partial charge in [-0.1, -0.05) is 6.07 Å². The number of amides is 1. The molecule has 0 radical (unpaired) electrons. The minimum atomic E-state index is -2.66. The fraction of sp³-hybridized carbons (Fsp3) is 0.190. The number of pyridine rings is 2. The molecule has 0 saturated carbocycles. The van der Waals surface area contributed by atoms with Crippen LogP contribution in [-0.4, -0.2) is 28.7 Å². The molecule has 0 aliphatic rings. The number of carbonyl (C=O) groups is 1. The number of methoxy groups -OCH3 is 1. The van der Waals surface area contributed by atoms with E-state index in [0.29, 0.717) is 18.1 Å². The van der Waals surface area contributed by atoms with Crippen molar-refractivity contribution in [3.8, 4) is 11.5 Å². The Morgan fingerprint density at radius 1 is 1.10 bits per heavy atom. The van der Waals surface area contributed by atoms with Crippen molar-refractivity contribution < 1.29 is 23.0 Å². The second kappa shape index (κ2) is 10.5. The van der Waals surface area contributed by atoms with Crippen LogP contribution in [-0.2, 0) is 13.2 Å². The van der Waals surface area contributed by atoms with Crippen LogP contribution in [0.5, 0.6) is 11.5 Å². The molecule has 2 aromatic heterocycles. The molecular formula is C21H19F2N3O3S. The zero-order valence-electron chi connectivity index (χ0n) is 16.0. The number of alkyl halides is 2. The lowest BCUT2D eigenvalue weighted by molar-refractivity contribution is 0.0947. The molecule has 1 aromatic carbocycles. The van der Waals surface area contributed by atoms with E-state index in [1.54, 1.807) is 30.6 Å². The third-order valence-corrected chi connectivity index (χ3v) is 4.77. The molecule has 1 amide bonds. The second-order valence-corrected chi connectivity index (χ2v) is 7.03. The zero-order valence-corrected chi connectivity index (χ0v) is 16.9. The van der Waals surface area contributed by atoms with Crippen molar-refractivity contribution in [3.63, 3.8) is 0 Å². The number of benzene rings is 1. The van der Waals surface area contributed by atoms with Crippen molar-refractivity contribution >= 4 is 17.7 Å². The van der Waals surface area contributed by atoms with E-state index >= 15 is 0 Å². The van der Waals surface area contributed by atoms with E-state index in [1.807, 2.05) is 12.1 Å². The molecule has 0 spiro atoms. The summed E-state index contributed by atoms with van der Waals surface area (Å²) in [6, 6.07) is 12.0. The summed E-state index contributed by atoms with van der Waals surface area (Å²) in [5.41, 5.74) is 1.84. The van der Waals surface area contributed by atoms with Crippen molar-refractivity contribution in [2.75, 3.05) is 7.11 Å². The van der Waals surface area contributed by atoms with Gasteiger partial charge in [0.2, 0.25) is 0 Å². The largest absolute Gasteiger partial charge is 0.493 e. The van der Waals surface area contributed by atoms with Crippen LogP contribution in [0.25, 0.3) is 0 Å². The van der Waals surface area contributed by atoms with Gasteiger partial charge in [0.15, 0.2) is 11.5 Å². The average Bonchev–Trinajstić information content (AvgIpc) is 2.77. The first-order chi connectivity index (χ1) is 14.6. The van der Waals surface area contributed by atoms with E-state index in [9.17, 15) is 13.6 Å². The first-order valence-electron chi connectivity index (χ1n) is 8.93. The molecule has 30 heavy (non-hydrogen) atoms. The number of hydrogen-bond acceptors (Lipinski definition) is 6. The molecule has 0 aliphatic heterocycles. The summed E-state index contributed by atoms with van der Waals surface area (Å²) in [5.74, 6) is -2.06. The van der Waals surface area contributed by atoms with E-state index in [-0.39, 0.29) is 28.9 Å². The standard InChI is InChI=1S/C21H19F2N3O3S/c1-28-18-11-15(4-5-17(18)29-13-14-6-9-24-10-7-14)12-26-19(27)16-3-2-8-25-20(16)30-21(22)23/h2-11,21H,12-13H2,1H3,(H,26,27). The highest BCUT2D eigenvalue weighted by molar-refractivity contribution is 7.99. The van der Waals surface area contributed by atoms with E-state index < -0.39 is 11.7 Å². The Kier molecular flexibility index (Phi) is 7.56. The predicted molar refractivity (Wildman–Crippen MR) is 109 cm³/mol. The number of carbonyl (C=O) groups excluding carboxylic acids is 1. The number of hydrogen-bond donors (Lipinski definition) is 1. The van der Waals surface area contributed by atoms with Crippen LogP contribution >= 0.6 is 11.8 Å². The van der Waals surface area contributed by atoms with Crippen LogP contribution in [0.4, 0.5) is 8.78 Å². The topological polar surface area (TPSA) is 73.3 Å². The molecule has 6 nitrogen and oxygen atoms in total. The van der Waals surface area contributed by atoms with Crippen molar-refractivity contribution in [2.24, 2.45) is 0 Å². The Labute approximate surface area is 176 Å². The fourth-order valence-electron chi connectivity index (χ4n) is 2.60. The van der Waals surface area contributed by atoms with Gasteiger partial charge in [-0.15, -0.1) is 0 Å². The summed E-state index contributed by atoms with van der Waals surface area (Å²) < 4.78 is 36.5. The minimum absolute atomic E-state index is 0.0116. The van der Waals surface area contributed by atoms with Crippen LogP contribution in [0.1, 0.15) is 21.5 Å². The molecular weight excluding hydrogens is 412 g/mol. The number of aromatic nitrogens is 2. The lowest BCUT2D eigenvalue weighted by Gasteiger charge is -2.13. The van der Waals surface area contributed by atoms with Crippen molar-refractivity contribution in [3.05, 3.63) is 77.7 Å². The Hall–Kier alpha value is -3.20. The summed E-state index contributed by atoms with van der Waals surface area (Å²) in [5, 5.41) is 2.71. The van der Waals surface area contributed by atoms with Crippen LogP contribution in [0, 0.1) is 0 Å². The number of thioether (sulfide) groups is 1. The Bertz CT molecular complexity index is 990. The molecule has 0 bridgehead atoms. The molecule has 0 saturated heterocycles. The molecule has 0 fully saturated rings. The summed E-state index contributed by atoms with van der Waals surface area (Å²) in [6.07, 6.45) is 4.75. The monoisotopic (exact) mass is 431 g/mol. The molecule has 156 valence electrons. The quantitative estimate of drug-likeness (QED) is 0.509. The van der Waals surface area contributed by atoms with Gasteiger partial charge in [-0.3, -0.25) is 9.78 Å². The fourth-order valence-corrected chi connectivity index (χ4v) is 3.18. The van der Waals surface area contributed by atoms with Gasteiger partial charge in [0.05, 0.1) is 12.7 Å². The van der Waals surface area contributed by atoms with Crippen LogP contribution in [0.3, 0.4) is 0 Å². The van der Waals surface area contributed by atoms with Crippen LogP contribution < -0.4 is 14.8 Å². The Morgan fingerprint density at radius 2 is 1.90 bits per heavy atom. The summed E-state index contributed by atoms with van der Waals surface area (Å²) in [6.45, 7) is 0.550. The summed E-state index contributed by atoms with van der Waals surface area (Å²) in [4.78, 5) is 20.3. The lowest BCUT2D eigenvalue weighted by atomic mass is 10.2. The molecule has 3 aromatic rings. The molecule has 9 heteroatoms. The van der Waals surface area contributed by atoms with Crippen molar-refractivity contribution in [1.29, 1.82) is 0 Å². The molecule has 0 aliphatic carbocycles. The SMILES string of the molecule is COc1cc(CNC(=O)c2cccnc2SC(F)F)ccc1OCc1ccncc1. The van der Waals surface area contributed by atoms with E-state index in [1.165, 1.54) is 25.4 Å². The first kappa shape index (κ1) is 21.5. The van der Waals surface area contributed by atoms with E-state index in [2.05, 4.69) is 15.3 Å². The van der Waals surface area contributed by atoms with Gasteiger partial charge in [0.25, 0.3) is 11.7 Å². The third kappa shape index (κ3) is 5.90. The smallest absolute Gasteiger partial charge is 0.290 e. The number of ether oxygens (including phenoxy) is 2. The van der Waals surface area contributed by atoms with E-state index in [0.717, 1.165) is 11.1 Å². The molecule has 3 rings (SSSR count). The molecule has 0 atom stereocenters. The lowest BCUT2D eigenvalue weighted by Crippen LogP contribution is -2.23. The Balaban J connectivity index is 1.64. The molecule has 1 N–H and O–H groups in total. The van der Waals surface area contributed by atoms with Gasteiger partial charge in [-0.25, -0.2) is 4.98 Å². The first-order valence-corrected chi connectivity index (χ1v) is 9.81. The maximum atomic E-state index is 12.7. The van der Waals surface area contributed by atoms with Crippen LogP contribution in [0.2, 0.25) is 0 Å². The zero-order chi connectivity index (χ0) is 21.3. The van der Waals surface area contributed by atoms with E-state index in [4.69, 9.17) is 9.47 Å². The third-order valence-electron chi connectivity index (χ3n) is 4.04. The molecule has 0 unspecified atom stereocenters. The van der Waals surface area contributed by atoms with Gasteiger partial charge in [0, 0.05) is 25.1 Å². The number of halogens is 2. The number of rotatable bonds is 9. The maximum Gasteiger partial charge on any atom is 0.290 e. The average molecular weight is 431 g/mol. The Morgan fingerprint density at radius 3 is 2.63 bits per heavy atom. The predicted octanol–water partition coefficient (Wildman–Crippen LogP) is 4.31. The number of nitrogens with one attached hydrogen (secondary N) is 1. The highest BCUT2D eigenvalue weighted by Crippen LogP contribution is 2.29. The van der Waals surface area contributed by atoms with Gasteiger partial charge < -0.3 is 14.8 Å². The highest BCUT2D eigenvalue weighted by atomic mass is 32.2. The highest BCUT2D eigenvalue weighted by Gasteiger charge is 2.16.